The summed E-state index contributed by atoms with van der Waals surface area (Å²) in [6, 6.07) is 9.10. The van der Waals surface area contributed by atoms with Crippen molar-refractivity contribution >= 4 is 5.91 Å². The Morgan fingerprint density at radius 3 is 2.77 bits per heavy atom. The number of aromatic nitrogens is 1. The maximum Gasteiger partial charge on any atom is 0.253 e. The van der Waals surface area contributed by atoms with Crippen LogP contribution in [0.4, 0.5) is 4.39 Å². The van der Waals surface area contributed by atoms with Gasteiger partial charge in [0.2, 0.25) is 0 Å². The minimum atomic E-state index is -0.931. The zero-order chi connectivity index (χ0) is 18.5. The Hall–Kier alpha value is -2.31. The molecule has 1 aliphatic carbocycles. The largest absolute Gasteiger partial charge is 0.391 e. The summed E-state index contributed by atoms with van der Waals surface area (Å²) in [6.45, 7) is 0.669. The molecule has 3 rings (SSSR count). The third-order valence-electron chi connectivity index (χ3n) is 4.69. The Kier molecular flexibility index (Phi) is 5.96. The van der Waals surface area contributed by atoms with Crippen molar-refractivity contribution in [2.24, 2.45) is 11.7 Å². The van der Waals surface area contributed by atoms with Gasteiger partial charge in [-0.2, -0.15) is 0 Å². The molecule has 1 aromatic carbocycles. The van der Waals surface area contributed by atoms with Crippen molar-refractivity contribution in [2.75, 3.05) is 6.54 Å². The number of carbonyl (C=O) groups is 1. The van der Waals surface area contributed by atoms with Gasteiger partial charge in [0.05, 0.1) is 17.4 Å². The predicted molar refractivity (Wildman–Crippen MR) is 97.1 cm³/mol. The highest BCUT2D eigenvalue weighted by molar-refractivity contribution is 5.95. The van der Waals surface area contributed by atoms with E-state index in [0.717, 1.165) is 12.8 Å². The second-order valence-electron chi connectivity index (χ2n) is 6.88. The molecule has 0 spiro atoms. The average Bonchev–Trinajstić information content (AvgIpc) is 3.46. The molecule has 1 saturated carbocycles. The van der Waals surface area contributed by atoms with Gasteiger partial charge in [-0.3, -0.25) is 9.78 Å². The first-order valence-corrected chi connectivity index (χ1v) is 8.93. The van der Waals surface area contributed by atoms with Gasteiger partial charge in [0.15, 0.2) is 0 Å². The highest BCUT2D eigenvalue weighted by atomic mass is 19.1. The monoisotopic (exact) mass is 357 g/mol. The summed E-state index contributed by atoms with van der Waals surface area (Å²) in [7, 11) is 0. The third-order valence-corrected chi connectivity index (χ3v) is 4.69. The first-order chi connectivity index (χ1) is 12.5. The molecule has 1 heterocycles. The molecule has 0 saturated heterocycles. The molecule has 6 heteroatoms. The van der Waals surface area contributed by atoms with E-state index in [9.17, 15) is 14.3 Å². The van der Waals surface area contributed by atoms with E-state index in [0.29, 0.717) is 29.3 Å². The van der Waals surface area contributed by atoms with Gasteiger partial charge in [0.25, 0.3) is 5.91 Å². The number of aliphatic hydroxyl groups is 1. The molecule has 1 amide bonds. The number of aliphatic hydroxyl groups excluding tert-OH is 1. The van der Waals surface area contributed by atoms with Crippen LogP contribution in [-0.4, -0.2) is 34.7 Å². The number of benzene rings is 1. The maximum atomic E-state index is 13.8. The summed E-state index contributed by atoms with van der Waals surface area (Å²) < 4.78 is 13.8. The zero-order valence-electron chi connectivity index (χ0n) is 14.6. The molecular weight excluding hydrogens is 333 g/mol. The summed E-state index contributed by atoms with van der Waals surface area (Å²) >= 11 is 0. The van der Waals surface area contributed by atoms with E-state index in [1.807, 2.05) is 0 Å². The first-order valence-electron chi connectivity index (χ1n) is 8.93. The number of pyridine rings is 1. The molecule has 1 aromatic heterocycles. The molecule has 26 heavy (non-hydrogen) atoms. The average molecular weight is 357 g/mol. The Balaban J connectivity index is 1.63. The van der Waals surface area contributed by atoms with E-state index in [2.05, 4.69) is 10.3 Å². The lowest BCUT2D eigenvalue weighted by atomic mass is 9.97. The van der Waals surface area contributed by atoms with E-state index in [1.165, 1.54) is 6.07 Å². The van der Waals surface area contributed by atoms with E-state index < -0.39 is 12.1 Å². The lowest BCUT2D eigenvalue weighted by Crippen LogP contribution is -2.39. The van der Waals surface area contributed by atoms with Crippen LogP contribution in [0.15, 0.2) is 42.6 Å². The maximum absolute atomic E-state index is 13.8. The fourth-order valence-corrected chi connectivity index (χ4v) is 2.87. The number of nitrogens with two attached hydrogens (primary N) is 1. The Morgan fingerprint density at radius 1 is 1.27 bits per heavy atom. The van der Waals surface area contributed by atoms with Gasteiger partial charge >= 0.3 is 0 Å². The van der Waals surface area contributed by atoms with Crippen LogP contribution in [-0.2, 0) is 12.8 Å². The first kappa shape index (κ1) is 18.5. The minimum absolute atomic E-state index is 0.142. The number of nitrogens with zero attached hydrogens (tertiary/aromatic N) is 1. The number of nitrogens with one attached hydrogen (secondary N) is 1. The number of hydrogen-bond acceptors (Lipinski definition) is 4. The molecule has 2 atom stereocenters. The molecule has 1 fully saturated rings. The second kappa shape index (κ2) is 8.38. The van der Waals surface area contributed by atoms with Gasteiger partial charge in [-0.15, -0.1) is 0 Å². The van der Waals surface area contributed by atoms with E-state index >= 15 is 0 Å². The molecule has 1 aliphatic rings. The van der Waals surface area contributed by atoms with E-state index in [-0.39, 0.29) is 24.6 Å². The number of hydrogen-bond donors (Lipinski definition) is 3. The smallest absolute Gasteiger partial charge is 0.253 e. The lowest BCUT2D eigenvalue weighted by molar-refractivity contribution is 0.0948. The quantitative estimate of drug-likeness (QED) is 0.673. The molecule has 5 nitrogen and oxygen atoms in total. The van der Waals surface area contributed by atoms with Gasteiger partial charge in [-0.1, -0.05) is 18.2 Å². The molecule has 0 aliphatic heterocycles. The lowest BCUT2D eigenvalue weighted by Gasteiger charge is -2.20. The van der Waals surface area contributed by atoms with Crippen LogP contribution in [0, 0.1) is 11.7 Å². The number of halogens is 1. The van der Waals surface area contributed by atoms with Crippen LogP contribution >= 0.6 is 0 Å². The van der Waals surface area contributed by atoms with Gasteiger partial charge in [-0.05, 0) is 48.9 Å². The summed E-state index contributed by atoms with van der Waals surface area (Å²) in [5.74, 6) is 0.0573. The highest BCUT2D eigenvalue weighted by Gasteiger charge is 2.24. The molecule has 4 N–H and O–H groups in total. The standard InChI is InChI=1S/C20H24FN3O2/c21-16-6-2-1-4-14(16)10-17(22)19(25)11-18-15(5-3-9-23-18)20(26)24-12-13-7-8-13/h1-6,9,13,17,19,25H,7-8,10-12,22H2,(H,24,26). The van der Waals surface area contributed by atoms with Crippen LogP contribution in [0.1, 0.15) is 34.5 Å². The number of amides is 1. The van der Waals surface area contributed by atoms with Crippen LogP contribution < -0.4 is 11.1 Å². The normalized spacial score (nSPS) is 16.1. The summed E-state index contributed by atoms with van der Waals surface area (Å²) in [5.41, 5.74) is 7.46. The fourth-order valence-electron chi connectivity index (χ4n) is 2.87. The molecule has 138 valence electrons. The van der Waals surface area contributed by atoms with Crippen LogP contribution in [0.25, 0.3) is 0 Å². The number of rotatable bonds is 8. The van der Waals surface area contributed by atoms with E-state index in [1.54, 1.807) is 36.5 Å². The van der Waals surface area contributed by atoms with Crippen LogP contribution in [0.5, 0.6) is 0 Å². The van der Waals surface area contributed by atoms with Crippen molar-refractivity contribution in [2.45, 2.75) is 37.8 Å². The third kappa shape index (κ3) is 4.86. The van der Waals surface area contributed by atoms with Crippen molar-refractivity contribution < 1.29 is 14.3 Å². The number of carbonyl (C=O) groups excluding carboxylic acids is 1. The SMILES string of the molecule is NC(Cc1ccccc1F)C(O)Cc1ncccc1C(=O)NCC1CC1. The molecular formula is C20H24FN3O2. The highest BCUT2D eigenvalue weighted by Crippen LogP contribution is 2.27. The summed E-state index contributed by atoms with van der Waals surface area (Å²) in [4.78, 5) is 16.6. The Morgan fingerprint density at radius 2 is 2.04 bits per heavy atom. The van der Waals surface area contributed by atoms with Crippen molar-refractivity contribution in [3.05, 3.63) is 65.2 Å². The second-order valence-corrected chi connectivity index (χ2v) is 6.88. The van der Waals surface area contributed by atoms with Gasteiger partial charge in [0, 0.05) is 25.2 Å². The summed E-state index contributed by atoms with van der Waals surface area (Å²) in [6.07, 6.45) is 3.32. The van der Waals surface area contributed by atoms with Crippen molar-refractivity contribution in [1.29, 1.82) is 0 Å². The molecule has 2 aromatic rings. The van der Waals surface area contributed by atoms with Crippen molar-refractivity contribution in [3.8, 4) is 0 Å². The van der Waals surface area contributed by atoms with E-state index in [4.69, 9.17) is 5.73 Å². The minimum Gasteiger partial charge on any atom is -0.391 e. The molecule has 2 unspecified atom stereocenters. The zero-order valence-corrected chi connectivity index (χ0v) is 14.6. The van der Waals surface area contributed by atoms with Gasteiger partial charge in [0.1, 0.15) is 5.82 Å². The summed E-state index contributed by atoms with van der Waals surface area (Å²) in [5, 5.41) is 13.3. The topological polar surface area (TPSA) is 88.2 Å². The van der Waals surface area contributed by atoms with Crippen molar-refractivity contribution in [3.63, 3.8) is 0 Å². The van der Waals surface area contributed by atoms with Crippen molar-refractivity contribution in [1.82, 2.24) is 10.3 Å². The van der Waals surface area contributed by atoms with Gasteiger partial charge < -0.3 is 16.2 Å². The van der Waals surface area contributed by atoms with Gasteiger partial charge in [-0.25, -0.2) is 4.39 Å². The Bertz CT molecular complexity index is 764. The predicted octanol–water partition coefficient (Wildman–Crippen LogP) is 1.83. The van der Waals surface area contributed by atoms with Crippen LogP contribution in [0.3, 0.4) is 0 Å². The molecule has 0 bridgehead atoms. The fraction of sp³-hybridized carbons (Fsp3) is 0.400. The Labute approximate surface area is 152 Å². The van der Waals surface area contributed by atoms with Crippen LogP contribution in [0.2, 0.25) is 0 Å². The molecule has 0 radical (unpaired) electrons.